The summed E-state index contributed by atoms with van der Waals surface area (Å²) >= 11 is 0. The molecule has 35 heavy (non-hydrogen) atoms. The second kappa shape index (κ2) is 9.05. The molecular weight excluding hydrogens is 451 g/mol. The average Bonchev–Trinajstić information content (AvgIpc) is 3.51. The number of aromatic nitrogens is 4. The highest BCUT2D eigenvalue weighted by Gasteiger charge is 2.30. The Bertz CT molecular complexity index is 1440. The summed E-state index contributed by atoms with van der Waals surface area (Å²) in [6.07, 6.45) is 5.19. The lowest BCUT2D eigenvalue weighted by Crippen LogP contribution is -2.26. The number of benzene rings is 1. The molecule has 10 heteroatoms. The van der Waals surface area contributed by atoms with E-state index in [1.165, 1.54) is 31.5 Å². The molecule has 4 heterocycles. The van der Waals surface area contributed by atoms with E-state index in [0.29, 0.717) is 30.2 Å². The van der Waals surface area contributed by atoms with Gasteiger partial charge in [0.15, 0.2) is 11.6 Å². The highest BCUT2D eigenvalue weighted by atomic mass is 19.1. The largest absolute Gasteiger partial charge is 0.497 e. The molecule has 9 nitrogen and oxygen atoms in total. The number of ether oxygens (including phenoxy) is 2. The van der Waals surface area contributed by atoms with Crippen molar-refractivity contribution in [1.82, 2.24) is 24.3 Å². The van der Waals surface area contributed by atoms with Crippen molar-refractivity contribution in [1.29, 1.82) is 0 Å². The van der Waals surface area contributed by atoms with E-state index in [9.17, 15) is 4.79 Å². The zero-order chi connectivity index (χ0) is 24.5. The molecule has 1 aliphatic rings. The molecule has 1 amide bonds. The number of halogens is 1. The van der Waals surface area contributed by atoms with Gasteiger partial charge in [-0.25, -0.2) is 19.3 Å². The van der Waals surface area contributed by atoms with Crippen molar-refractivity contribution >= 4 is 17.4 Å². The minimum Gasteiger partial charge on any atom is -0.497 e. The number of methoxy groups -OCH3 is 1. The van der Waals surface area contributed by atoms with Crippen LogP contribution < -0.4 is 15.2 Å². The predicted molar refractivity (Wildman–Crippen MR) is 128 cm³/mol. The fourth-order valence-electron chi connectivity index (χ4n) is 4.30. The SMILES string of the molecule is C=CC(=O)N1CCC(c2nc(-c3ccc(Oc4cc(OC)ccn4)c(F)c3)n3c(N)nccc23)C1. The van der Waals surface area contributed by atoms with Crippen LogP contribution in [0.5, 0.6) is 17.4 Å². The Morgan fingerprint density at radius 3 is 2.83 bits per heavy atom. The van der Waals surface area contributed by atoms with Crippen LogP contribution in [0.3, 0.4) is 0 Å². The Labute approximate surface area is 200 Å². The van der Waals surface area contributed by atoms with Gasteiger partial charge < -0.3 is 20.1 Å². The third kappa shape index (κ3) is 4.14. The van der Waals surface area contributed by atoms with Crippen LogP contribution in [-0.4, -0.2) is 50.4 Å². The minimum atomic E-state index is -0.587. The van der Waals surface area contributed by atoms with Crippen molar-refractivity contribution in [2.45, 2.75) is 12.3 Å². The van der Waals surface area contributed by atoms with Crippen molar-refractivity contribution < 1.29 is 18.7 Å². The lowest BCUT2D eigenvalue weighted by Gasteiger charge is -2.13. The van der Waals surface area contributed by atoms with Crippen molar-refractivity contribution in [3.8, 4) is 28.8 Å². The molecule has 178 valence electrons. The number of carbonyl (C=O) groups is 1. The predicted octanol–water partition coefficient (Wildman–Crippen LogP) is 3.82. The zero-order valence-corrected chi connectivity index (χ0v) is 19.0. The van der Waals surface area contributed by atoms with Crippen LogP contribution in [-0.2, 0) is 4.79 Å². The summed E-state index contributed by atoms with van der Waals surface area (Å²) in [6.45, 7) is 4.70. The highest BCUT2D eigenvalue weighted by Crippen LogP contribution is 2.35. The molecule has 0 bridgehead atoms. The molecule has 2 N–H and O–H groups in total. The van der Waals surface area contributed by atoms with Crippen molar-refractivity contribution in [3.63, 3.8) is 0 Å². The van der Waals surface area contributed by atoms with E-state index in [-0.39, 0.29) is 29.4 Å². The number of fused-ring (bicyclic) bond motifs is 1. The summed E-state index contributed by atoms with van der Waals surface area (Å²) in [5.74, 6) is 0.766. The lowest BCUT2D eigenvalue weighted by atomic mass is 10.0. The maximum atomic E-state index is 15.1. The molecular formula is C25H23FN6O3. The minimum absolute atomic E-state index is 0.0102. The molecule has 1 unspecified atom stereocenters. The molecule has 1 fully saturated rings. The van der Waals surface area contributed by atoms with E-state index in [2.05, 4.69) is 16.5 Å². The number of rotatable bonds is 6. The number of nitrogens with zero attached hydrogens (tertiary/aromatic N) is 5. The normalized spacial score (nSPS) is 15.4. The fraction of sp³-hybridized carbons (Fsp3) is 0.200. The number of nitrogen functional groups attached to an aromatic ring is 1. The van der Waals surface area contributed by atoms with E-state index < -0.39 is 5.82 Å². The van der Waals surface area contributed by atoms with Gasteiger partial charge in [0.2, 0.25) is 17.7 Å². The summed E-state index contributed by atoms with van der Waals surface area (Å²) < 4.78 is 27.5. The number of likely N-dealkylation sites (tertiary alicyclic amines) is 1. The molecule has 5 rings (SSSR count). The molecule has 3 aromatic heterocycles. The summed E-state index contributed by atoms with van der Waals surface area (Å²) in [4.78, 5) is 26.9. The van der Waals surface area contributed by atoms with Crippen LogP contribution in [0.1, 0.15) is 18.0 Å². The Morgan fingerprint density at radius 2 is 2.06 bits per heavy atom. The lowest BCUT2D eigenvalue weighted by molar-refractivity contribution is -0.125. The van der Waals surface area contributed by atoms with E-state index in [1.54, 1.807) is 33.7 Å². The maximum Gasteiger partial charge on any atom is 0.245 e. The number of pyridine rings is 1. The third-order valence-electron chi connectivity index (χ3n) is 6.02. The standard InChI is InChI=1S/C25H23FN6O3/c1-3-22(33)31-11-8-16(14-31)23-19-7-10-29-25(27)32(19)24(30-23)15-4-5-20(18(26)12-15)35-21-13-17(34-2)6-9-28-21/h3-7,9-10,12-13,16H,1,8,11,14H2,2H3,(H2,27,29). The van der Waals surface area contributed by atoms with Crippen molar-refractivity contribution in [3.05, 3.63) is 73.0 Å². The number of carbonyl (C=O) groups excluding carboxylic acids is 1. The van der Waals surface area contributed by atoms with Gasteiger partial charge in [-0.15, -0.1) is 0 Å². The van der Waals surface area contributed by atoms with E-state index in [0.717, 1.165) is 17.6 Å². The van der Waals surface area contributed by atoms with E-state index >= 15 is 4.39 Å². The van der Waals surface area contributed by atoms with Gasteiger partial charge in [0.25, 0.3) is 0 Å². The zero-order valence-electron chi connectivity index (χ0n) is 19.0. The quantitative estimate of drug-likeness (QED) is 0.423. The van der Waals surface area contributed by atoms with Crippen LogP contribution in [0.25, 0.3) is 16.9 Å². The average molecular weight is 474 g/mol. The first-order valence-electron chi connectivity index (χ1n) is 11.0. The van der Waals surface area contributed by atoms with Crippen molar-refractivity contribution in [2.24, 2.45) is 0 Å². The number of nitrogens with two attached hydrogens (primary N) is 1. The number of hydrogen-bond donors (Lipinski definition) is 1. The second-order valence-corrected chi connectivity index (χ2v) is 8.10. The van der Waals surface area contributed by atoms with Gasteiger partial charge in [-0.05, 0) is 42.8 Å². The smallest absolute Gasteiger partial charge is 0.245 e. The topological polar surface area (TPSA) is 108 Å². The molecule has 0 spiro atoms. The van der Waals surface area contributed by atoms with Crippen LogP contribution in [0, 0.1) is 5.82 Å². The molecule has 1 atom stereocenters. The van der Waals surface area contributed by atoms with Gasteiger partial charge >= 0.3 is 0 Å². The van der Waals surface area contributed by atoms with E-state index in [1.807, 2.05) is 6.07 Å². The molecule has 0 aliphatic carbocycles. The summed E-state index contributed by atoms with van der Waals surface area (Å²) in [6, 6.07) is 9.61. The van der Waals surface area contributed by atoms with Crippen molar-refractivity contribution in [2.75, 3.05) is 25.9 Å². The maximum absolute atomic E-state index is 15.1. The Balaban J connectivity index is 1.51. The van der Waals surface area contributed by atoms with Gasteiger partial charge in [-0.3, -0.25) is 9.20 Å². The first-order chi connectivity index (χ1) is 17.0. The van der Waals surface area contributed by atoms with E-state index in [4.69, 9.17) is 20.2 Å². The van der Waals surface area contributed by atoms with Gasteiger partial charge in [0, 0.05) is 43.0 Å². The van der Waals surface area contributed by atoms with Crippen LogP contribution in [0.15, 0.2) is 61.4 Å². The molecule has 0 radical (unpaired) electrons. The number of hydrogen-bond acceptors (Lipinski definition) is 7. The van der Waals surface area contributed by atoms with Crippen LogP contribution >= 0.6 is 0 Å². The number of amides is 1. The van der Waals surface area contributed by atoms with Crippen LogP contribution in [0.4, 0.5) is 10.3 Å². The highest BCUT2D eigenvalue weighted by molar-refractivity contribution is 5.87. The Hall–Kier alpha value is -4.47. The number of imidazole rings is 1. The van der Waals surface area contributed by atoms with Gasteiger partial charge in [0.1, 0.15) is 11.6 Å². The number of anilines is 1. The summed E-state index contributed by atoms with van der Waals surface area (Å²) in [7, 11) is 1.53. The fourth-order valence-corrected chi connectivity index (χ4v) is 4.30. The van der Waals surface area contributed by atoms with Crippen LogP contribution in [0.2, 0.25) is 0 Å². The Kier molecular flexibility index (Phi) is 5.77. The third-order valence-corrected chi connectivity index (χ3v) is 6.02. The van der Waals surface area contributed by atoms with Gasteiger partial charge in [-0.2, -0.15) is 0 Å². The van der Waals surface area contributed by atoms with Gasteiger partial charge in [-0.1, -0.05) is 6.58 Å². The molecule has 1 saturated heterocycles. The summed E-state index contributed by atoms with van der Waals surface area (Å²) in [5.41, 5.74) is 8.26. The monoisotopic (exact) mass is 474 g/mol. The second-order valence-electron chi connectivity index (χ2n) is 8.10. The molecule has 0 saturated carbocycles. The molecule has 1 aliphatic heterocycles. The first-order valence-corrected chi connectivity index (χ1v) is 11.0. The first kappa shape index (κ1) is 22.3. The molecule has 4 aromatic rings. The van der Waals surface area contributed by atoms with Gasteiger partial charge in [0.05, 0.1) is 18.3 Å². The molecule has 1 aromatic carbocycles. The summed E-state index contributed by atoms with van der Waals surface area (Å²) in [5, 5.41) is 0. The Morgan fingerprint density at radius 1 is 1.23 bits per heavy atom.